The maximum atomic E-state index is 14.2. The molecule has 0 amide bonds. The monoisotopic (exact) mass is 343 g/mol. The molecule has 0 saturated carbocycles. The Morgan fingerprint density at radius 1 is 1.39 bits per heavy atom. The summed E-state index contributed by atoms with van der Waals surface area (Å²) in [6, 6.07) is 3.56. The van der Waals surface area contributed by atoms with E-state index in [9.17, 15) is 13.6 Å². The van der Waals surface area contributed by atoms with Gasteiger partial charge < -0.3 is 4.74 Å². The highest BCUT2D eigenvalue weighted by molar-refractivity contribution is 7.99. The number of thioether (sulfide) groups is 1. The van der Waals surface area contributed by atoms with Gasteiger partial charge in [-0.3, -0.25) is 9.69 Å². The van der Waals surface area contributed by atoms with E-state index in [1.54, 1.807) is 18.7 Å². The van der Waals surface area contributed by atoms with Crippen molar-refractivity contribution in [1.82, 2.24) is 4.90 Å². The van der Waals surface area contributed by atoms with E-state index in [0.717, 1.165) is 6.07 Å². The lowest BCUT2D eigenvalue weighted by Gasteiger charge is -2.34. The van der Waals surface area contributed by atoms with Gasteiger partial charge in [0.2, 0.25) is 0 Å². The van der Waals surface area contributed by atoms with Crippen LogP contribution in [-0.2, 0) is 9.53 Å². The molecular weight excluding hydrogens is 320 g/mol. The summed E-state index contributed by atoms with van der Waals surface area (Å²) in [5, 5.41) is 0. The molecule has 0 unspecified atom stereocenters. The number of likely N-dealkylation sites (tertiary alicyclic amines) is 1. The van der Waals surface area contributed by atoms with E-state index >= 15 is 0 Å². The van der Waals surface area contributed by atoms with Crippen molar-refractivity contribution >= 4 is 17.7 Å². The summed E-state index contributed by atoms with van der Waals surface area (Å²) in [5.41, 5.74) is 0.379. The number of nitrogens with zero attached hydrogens (tertiary/aromatic N) is 1. The fourth-order valence-corrected chi connectivity index (χ4v) is 3.39. The van der Waals surface area contributed by atoms with Gasteiger partial charge >= 0.3 is 5.97 Å². The lowest BCUT2D eigenvalue weighted by molar-refractivity contribution is -0.148. The van der Waals surface area contributed by atoms with Gasteiger partial charge in [0.15, 0.2) is 0 Å². The van der Waals surface area contributed by atoms with Gasteiger partial charge in [-0.05, 0) is 38.7 Å². The van der Waals surface area contributed by atoms with Gasteiger partial charge in [-0.2, -0.15) is 0 Å². The highest BCUT2D eigenvalue weighted by Gasteiger charge is 2.44. The average molecular weight is 343 g/mol. The first kappa shape index (κ1) is 18.2. The van der Waals surface area contributed by atoms with Gasteiger partial charge in [0.25, 0.3) is 0 Å². The summed E-state index contributed by atoms with van der Waals surface area (Å²) >= 11 is 1.68. The van der Waals surface area contributed by atoms with E-state index in [2.05, 4.69) is 18.7 Å². The molecule has 2 rings (SSSR count). The zero-order valence-corrected chi connectivity index (χ0v) is 14.8. The third-order valence-corrected chi connectivity index (χ3v) is 5.79. The zero-order chi connectivity index (χ0) is 17.2. The predicted molar refractivity (Wildman–Crippen MR) is 88.4 cm³/mol. The van der Waals surface area contributed by atoms with Crippen molar-refractivity contribution in [3.63, 3.8) is 0 Å². The summed E-state index contributed by atoms with van der Waals surface area (Å²) in [4.78, 5) is 14.3. The smallest absolute Gasteiger partial charge is 0.310 e. The summed E-state index contributed by atoms with van der Waals surface area (Å²) in [6.45, 7) is 7.24. The zero-order valence-electron chi connectivity index (χ0n) is 13.9. The van der Waals surface area contributed by atoms with Gasteiger partial charge in [0.1, 0.15) is 11.6 Å². The third-order valence-electron chi connectivity index (χ3n) is 4.53. The number of carbonyl (C=O) groups excluding carboxylic acids is 1. The van der Waals surface area contributed by atoms with Gasteiger partial charge in [-0.15, -0.1) is 11.8 Å². The Balaban J connectivity index is 2.34. The largest absolute Gasteiger partial charge is 0.466 e. The van der Waals surface area contributed by atoms with Gasteiger partial charge in [-0.25, -0.2) is 8.78 Å². The minimum atomic E-state index is -0.613. The Bertz CT molecular complexity index is 580. The highest BCUT2D eigenvalue weighted by Crippen LogP contribution is 2.40. The predicted octanol–water partition coefficient (Wildman–Crippen LogP) is 3.64. The van der Waals surface area contributed by atoms with Crippen LogP contribution in [0.15, 0.2) is 18.2 Å². The number of esters is 1. The van der Waals surface area contributed by atoms with Crippen LogP contribution in [0.3, 0.4) is 0 Å². The summed E-state index contributed by atoms with van der Waals surface area (Å²) < 4.78 is 32.6. The lowest BCUT2D eigenvalue weighted by atomic mass is 9.88. The van der Waals surface area contributed by atoms with E-state index in [-0.39, 0.29) is 16.8 Å². The molecule has 128 valence electrons. The van der Waals surface area contributed by atoms with E-state index in [1.165, 1.54) is 12.1 Å². The third kappa shape index (κ3) is 3.86. The van der Waals surface area contributed by atoms with Gasteiger partial charge in [0.05, 0.1) is 17.4 Å². The molecule has 0 radical (unpaired) electrons. The lowest BCUT2D eigenvalue weighted by Crippen LogP contribution is -2.40. The maximum Gasteiger partial charge on any atom is 0.310 e. The fourth-order valence-electron chi connectivity index (χ4n) is 2.98. The van der Waals surface area contributed by atoms with Crippen LogP contribution in [0.25, 0.3) is 0 Å². The van der Waals surface area contributed by atoms with Crippen LogP contribution in [0.5, 0.6) is 0 Å². The standard InChI is InChI=1S/C17H23F2NO2S/c1-5-22-16(21)14-10-20(17(2,3)23-4)9-13(14)12-7-6-11(18)8-15(12)19/h6-8,13-14H,5,9-10H2,1-4H3/t13-,14+/m0/s1. The van der Waals surface area contributed by atoms with Crippen LogP contribution in [-0.4, -0.2) is 41.7 Å². The number of hydrogen-bond acceptors (Lipinski definition) is 4. The number of rotatable bonds is 5. The first-order valence-corrected chi connectivity index (χ1v) is 8.94. The van der Waals surface area contributed by atoms with E-state index in [1.807, 2.05) is 6.26 Å². The molecule has 0 aromatic heterocycles. The summed E-state index contributed by atoms with van der Waals surface area (Å²) in [6.07, 6.45) is 2.01. The molecule has 6 heteroatoms. The minimum Gasteiger partial charge on any atom is -0.466 e. The van der Waals surface area contributed by atoms with Gasteiger partial charge in [-0.1, -0.05) is 6.07 Å². The van der Waals surface area contributed by atoms with Crippen LogP contribution in [0.4, 0.5) is 8.78 Å². The Morgan fingerprint density at radius 3 is 2.65 bits per heavy atom. The normalized spacial score (nSPS) is 22.3. The highest BCUT2D eigenvalue weighted by atomic mass is 32.2. The van der Waals surface area contributed by atoms with Gasteiger partial charge in [0, 0.05) is 25.1 Å². The van der Waals surface area contributed by atoms with Crippen molar-refractivity contribution < 1.29 is 18.3 Å². The molecule has 1 aromatic rings. The quantitative estimate of drug-likeness (QED) is 0.764. The van der Waals surface area contributed by atoms with E-state index in [0.29, 0.717) is 25.3 Å². The van der Waals surface area contributed by atoms with Crippen LogP contribution >= 0.6 is 11.8 Å². The second kappa shape index (κ2) is 7.18. The van der Waals surface area contributed by atoms with Crippen LogP contribution in [0.1, 0.15) is 32.3 Å². The molecule has 23 heavy (non-hydrogen) atoms. The van der Waals surface area contributed by atoms with Crippen molar-refractivity contribution in [3.8, 4) is 0 Å². The molecule has 1 aliphatic rings. The number of benzene rings is 1. The molecule has 1 aromatic carbocycles. The molecule has 0 spiro atoms. The van der Waals surface area contributed by atoms with Crippen molar-refractivity contribution in [1.29, 1.82) is 0 Å². The van der Waals surface area contributed by atoms with E-state index in [4.69, 9.17) is 4.74 Å². The number of carbonyl (C=O) groups is 1. The summed E-state index contributed by atoms with van der Waals surface area (Å²) in [5.74, 6) is -2.31. The topological polar surface area (TPSA) is 29.5 Å². The Morgan fingerprint density at radius 2 is 2.09 bits per heavy atom. The molecule has 0 bridgehead atoms. The Hall–Kier alpha value is -1.14. The molecule has 1 saturated heterocycles. The van der Waals surface area contributed by atoms with Crippen molar-refractivity contribution in [2.24, 2.45) is 5.92 Å². The molecule has 1 heterocycles. The first-order chi connectivity index (χ1) is 10.8. The average Bonchev–Trinajstić information content (AvgIpc) is 2.93. The van der Waals surface area contributed by atoms with Crippen molar-refractivity contribution in [2.75, 3.05) is 26.0 Å². The number of ether oxygens (including phenoxy) is 1. The second-order valence-corrected chi connectivity index (χ2v) is 7.59. The van der Waals surface area contributed by atoms with E-state index < -0.39 is 17.6 Å². The van der Waals surface area contributed by atoms with Crippen LogP contribution in [0, 0.1) is 17.6 Å². The van der Waals surface area contributed by atoms with Crippen molar-refractivity contribution in [2.45, 2.75) is 31.6 Å². The van der Waals surface area contributed by atoms with Crippen LogP contribution in [0.2, 0.25) is 0 Å². The van der Waals surface area contributed by atoms with Crippen molar-refractivity contribution in [3.05, 3.63) is 35.4 Å². The number of halogens is 2. The molecule has 3 nitrogen and oxygen atoms in total. The minimum absolute atomic E-state index is 0.171. The van der Waals surface area contributed by atoms with Crippen LogP contribution < -0.4 is 0 Å². The maximum absolute atomic E-state index is 14.2. The molecule has 0 aliphatic carbocycles. The fraction of sp³-hybridized carbons (Fsp3) is 0.588. The molecule has 2 atom stereocenters. The molecule has 1 fully saturated rings. The molecule has 1 aliphatic heterocycles. The Kier molecular flexibility index (Phi) is 5.68. The summed E-state index contributed by atoms with van der Waals surface area (Å²) in [7, 11) is 0. The Labute approximate surface area is 140 Å². The SMILES string of the molecule is CCOC(=O)[C@@H]1CN(C(C)(C)SC)C[C@H]1c1ccc(F)cc1F. The number of hydrogen-bond donors (Lipinski definition) is 0. The second-order valence-electron chi connectivity index (χ2n) is 6.19. The molecule has 0 N–H and O–H groups in total. The first-order valence-electron chi connectivity index (χ1n) is 7.72. The molecular formula is C17H23F2NO2S.